The Morgan fingerprint density at radius 1 is 1.00 bits per heavy atom. The lowest BCUT2D eigenvalue weighted by Gasteiger charge is -2.30. The fourth-order valence-corrected chi connectivity index (χ4v) is 2.95. The molecule has 0 unspecified atom stereocenters. The van der Waals surface area contributed by atoms with Crippen LogP contribution in [0.3, 0.4) is 0 Å². The minimum absolute atomic E-state index is 0.155. The molecule has 0 radical (unpaired) electrons. The lowest BCUT2D eigenvalue weighted by atomic mass is 10.0. The molecule has 2 aliphatic heterocycles. The summed E-state index contributed by atoms with van der Waals surface area (Å²) in [5.41, 5.74) is 1.83. The Balaban J connectivity index is 2.09. The molecule has 2 aliphatic rings. The van der Waals surface area contributed by atoms with Crippen LogP contribution in [-0.4, -0.2) is 54.0 Å². The average Bonchev–Trinajstić information content (AvgIpc) is 2.80. The first-order valence-electron chi connectivity index (χ1n) is 7.61. The molecule has 0 saturated carbocycles. The summed E-state index contributed by atoms with van der Waals surface area (Å²) < 4.78 is 5.36. The Bertz CT molecular complexity index is 616. The van der Waals surface area contributed by atoms with Crippen molar-refractivity contribution in [3.05, 3.63) is 41.6 Å². The number of benzene rings is 1. The predicted octanol–water partition coefficient (Wildman–Crippen LogP) is 1.51. The first-order valence-corrected chi connectivity index (χ1v) is 7.61. The summed E-state index contributed by atoms with van der Waals surface area (Å²) in [5, 5.41) is 0. The number of hydrogen-bond acceptors (Lipinski definition) is 4. The van der Waals surface area contributed by atoms with Gasteiger partial charge >= 0.3 is 0 Å². The molecule has 2 heterocycles. The van der Waals surface area contributed by atoms with E-state index >= 15 is 0 Å². The van der Waals surface area contributed by atoms with Gasteiger partial charge in [0.15, 0.2) is 0 Å². The average molecular weight is 300 g/mol. The second kappa shape index (κ2) is 5.93. The zero-order chi connectivity index (χ0) is 15.7. The number of rotatable bonds is 3. The van der Waals surface area contributed by atoms with Crippen LogP contribution >= 0.6 is 0 Å². The number of nitrogens with zero attached hydrogens (tertiary/aromatic N) is 2. The fourth-order valence-electron chi connectivity index (χ4n) is 2.95. The van der Waals surface area contributed by atoms with E-state index in [0.717, 1.165) is 5.56 Å². The van der Waals surface area contributed by atoms with Gasteiger partial charge in [-0.1, -0.05) is 30.3 Å². The Hall–Kier alpha value is -2.14. The Labute approximate surface area is 130 Å². The molecule has 1 saturated heterocycles. The second-order valence-electron chi connectivity index (χ2n) is 5.76. The largest absolute Gasteiger partial charge is 0.378 e. The molecule has 0 bridgehead atoms. The van der Waals surface area contributed by atoms with Crippen molar-refractivity contribution < 1.29 is 14.3 Å². The van der Waals surface area contributed by atoms with Crippen LogP contribution in [0, 0.1) is 0 Å². The molecule has 0 aromatic heterocycles. The van der Waals surface area contributed by atoms with Gasteiger partial charge in [-0.05, 0) is 19.4 Å². The van der Waals surface area contributed by atoms with E-state index in [4.69, 9.17) is 4.74 Å². The van der Waals surface area contributed by atoms with Crippen molar-refractivity contribution >= 4 is 17.4 Å². The smallest absolute Gasteiger partial charge is 0.278 e. The van der Waals surface area contributed by atoms with Crippen LogP contribution in [0.2, 0.25) is 0 Å². The minimum Gasteiger partial charge on any atom is -0.378 e. The number of hydrogen-bond donors (Lipinski definition) is 0. The Kier molecular flexibility index (Phi) is 3.98. The van der Waals surface area contributed by atoms with Gasteiger partial charge in [-0.3, -0.25) is 14.5 Å². The van der Waals surface area contributed by atoms with Crippen LogP contribution in [0.1, 0.15) is 19.4 Å². The summed E-state index contributed by atoms with van der Waals surface area (Å²) >= 11 is 0. The maximum absolute atomic E-state index is 12.8. The van der Waals surface area contributed by atoms with Gasteiger partial charge in [0.25, 0.3) is 11.8 Å². The van der Waals surface area contributed by atoms with Crippen LogP contribution in [0.5, 0.6) is 0 Å². The first-order chi connectivity index (χ1) is 10.6. The van der Waals surface area contributed by atoms with Crippen molar-refractivity contribution in [2.75, 3.05) is 26.3 Å². The maximum Gasteiger partial charge on any atom is 0.278 e. The highest BCUT2D eigenvalue weighted by molar-refractivity contribution is 6.35. The maximum atomic E-state index is 12.8. The zero-order valence-electron chi connectivity index (χ0n) is 12.9. The molecular formula is C17H20N2O3. The van der Waals surface area contributed by atoms with Crippen LogP contribution in [-0.2, 0) is 14.3 Å². The summed E-state index contributed by atoms with van der Waals surface area (Å²) in [4.78, 5) is 28.9. The minimum atomic E-state index is -0.201. The van der Waals surface area contributed by atoms with Gasteiger partial charge in [0, 0.05) is 19.1 Å². The van der Waals surface area contributed by atoms with Crippen molar-refractivity contribution in [1.29, 1.82) is 0 Å². The molecule has 0 atom stereocenters. The molecule has 5 heteroatoms. The molecule has 1 fully saturated rings. The molecule has 5 nitrogen and oxygen atoms in total. The molecule has 2 amide bonds. The first kappa shape index (κ1) is 14.8. The lowest BCUT2D eigenvalue weighted by molar-refractivity contribution is -0.139. The Morgan fingerprint density at radius 3 is 2.23 bits per heavy atom. The summed E-state index contributed by atoms with van der Waals surface area (Å²) in [6.45, 7) is 6.15. The molecule has 3 rings (SSSR count). The number of amides is 2. The number of ether oxygens (including phenoxy) is 1. The third kappa shape index (κ3) is 2.41. The molecule has 116 valence electrons. The van der Waals surface area contributed by atoms with Crippen molar-refractivity contribution in [2.24, 2.45) is 0 Å². The number of morpholine rings is 1. The predicted molar refractivity (Wildman–Crippen MR) is 82.7 cm³/mol. The standard InChI is InChI=1S/C17H20N2O3/c1-12(2)19-16(20)14(13-6-4-3-5-7-13)15(17(19)21)18-8-10-22-11-9-18/h3-7,12H,8-11H2,1-2H3. The van der Waals surface area contributed by atoms with E-state index in [2.05, 4.69) is 0 Å². The highest BCUT2D eigenvalue weighted by Crippen LogP contribution is 2.32. The van der Waals surface area contributed by atoms with Crippen molar-refractivity contribution in [2.45, 2.75) is 19.9 Å². The lowest BCUT2D eigenvalue weighted by Crippen LogP contribution is -2.42. The normalized spacial score (nSPS) is 19.6. The van der Waals surface area contributed by atoms with Crippen LogP contribution in [0.25, 0.3) is 5.57 Å². The number of carbonyl (C=O) groups excluding carboxylic acids is 2. The van der Waals surface area contributed by atoms with Gasteiger partial charge in [0.2, 0.25) is 0 Å². The number of carbonyl (C=O) groups is 2. The summed E-state index contributed by atoms with van der Waals surface area (Å²) in [5.74, 6) is -0.395. The van der Waals surface area contributed by atoms with Crippen molar-refractivity contribution in [3.63, 3.8) is 0 Å². The van der Waals surface area contributed by atoms with Crippen LogP contribution in [0.15, 0.2) is 36.0 Å². The van der Waals surface area contributed by atoms with E-state index in [1.165, 1.54) is 4.90 Å². The fraction of sp³-hybridized carbons (Fsp3) is 0.412. The van der Waals surface area contributed by atoms with Gasteiger partial charge in [-0.25, -0.2) is 0 Å². The second-order valence-corrected chi connectivity index (χ2v) is 5.76. The van der Waals surface area contributed by atoms with E-state index < -0.39 is 0 Å². The Morgan fingerprint density at radius 2 is 1.64 bits per heavy atom. The SMILES string of the molecule is CC(C)N1C(=O)C(c2ccccc2)=C(N2CCOCC2)C1=O. The monoisotopic (exact) mass is 300 g/mol. The summed E-state index contributed by atoms with van der Waals surface area (Å²) in [6, 6.07) is 9.27. The van der Waals surface area contributed by atoms with Gasteiger partial charge in [-0.15, -0.1) is 0 Å². The van der Waals surface area contributed by atoms with Crippen molar-refractivity contribution in [3.8, 4) is 0 Å². The van der Waals surface area contributed by atoms with Crippen LogP contribution < -0.4 is 0 Å². The quantitative estimate of drug-likeness (QED) is 0.794. The van der Waals surface area contributed by atoms with E-state index in [-0.39, 0.29) is 17.9 Å². The van der Waals surface area contributed by atoms with Crippen molar-refractivity contribution in [1.82, 2.24) is 9.80 Å². The topological polar surface area (TPSA) is 49.9 Å². The molecule has 1 aromatic rings. The third-order valence-corrected chi connectivity index (χ3v) is 4.00. The van der Waals surface area contributed by atoms with Gasteiger partial charge in [0.05, 0.1) is 18.8 Å². The van der Waals surface area contributed by atoms with E-state index in [1.54, 1.807) is 0 Å². The third-order valence-electron chi connectivity index (χ3n) is 4.00. The summed E-state index contributed by atoms with van der Waals surface area (Å²) in [7, 11) is 0. The molecule has 1 aromatic carbocycles. The summed E-state index contributed by atoms with van der Waals surface area (Å²) in [6.07, 6.45) is 0. The highest BCUT2D eigenvalue weighted by Gasteiger charge is 2.42. The van der Waals surface area contributed by atoms with E-state index in [9.17, 15) is 9.59 Å². The van der Waals surface area contributed by atoms with Gasteiger partial charge < -0.3 is 9.64 Å². The van der Waals surface area contributed by atoms with E-state index in [1.807, 2.05) is 49.1 Å². The molecule has 0 aliphatic carbocycles. The molecule has 0 spiro atoms. The number of imide groups is 1. The highest BCUT2D eigenvalue weighted by atomic mass is 16.5. The van der Waals surface area contributed by atoms with Crippen LogP contribution in [0.4, 0.5) is 0 Å². The van der Waals surface area contributed by atoms with Gasteiger partial charge in [-0.2, -0.15) is 0 Å². The molecule has 0 N–H and O–H groups in total. The van der Waals surface area contributed by atoms with E-state index in [0.29, 0.717) is 37.6 Å². The zero-order valence-corrected chi connectivity index (χ0v) is 12.9. The van der Waals surface area contributed by atoms with Gasteiger partial charge in [0.1, 0.15) is 5.70 Å². The molecule has 22 heavy (non-hydrogen) atoms. The molecular weight excluding hydrogens is 280 g/mol.